The Hall–Kier alpha value is -0.830. The van der Waals surface area contributed by atoms with E-state index in [4.69, 9.17) is 5.10 Å². The van der Waals surface area contributed by atoms with Crippen molar-refractivity contribution in [3.8, 4) is 0 Å². The lowest BCUT2D eigenvalue weighted by Crippen LogP contribution is -2.23. The summed E-state index contributed by atoms with van der Waals surface area (Å²) in [6.07, 6.45) is 5.62. The summed E-state index contributed by atoms with van der Waals surface area (Å²) in [4.78, 5) is 0. The van der Waals surface area contributed by atoms with E-state index in [9.17, 15) is 0 Å². The van der Waals surface area contributed by atoms with Gasteiger partial charge in [0.2, 0.25) is 0 Å². The average Bonchev–Trinajstić information content (AvgIpc) is 2.83. The normalized spacial score (nSPS) is 13.1. The Morgan fingerprint density at radius 1 is 1.10 bits per heavy atom. The topological polar surface area (TPSA) is 29.9 Å². The van der Waals surface area contributed by atoms with Crippen LogP contribution >= 0.6 is 0 Å². The van der Waals surface area contributed by atoms with Gasteiger partial charge in [0.15, 0.2) is 0 Å². The van der Waals surface area contributed by atoms with E-state index in [1.807, 2.05) is 0 Å². The molecule has 21 heavy (non-hydrogen) atoms. The summed E-state index contributed by atoms with van der Waals surface area (Å²) in [5.41, 5.74) is 4.23. The Labute approximate surface area is 131 Å². The molecule has 0 amide bonds. The second-order valence-electron chi connectivity index (χ2n) is 6.33. The van der Waals surface area contributed by atoms with Gasteiger partial charge in [-0.05, 0) is 44.6 Å². The fourth-order valence-corrected chi connectivity index (χ4v) is 2.94. The molecule has 122 valence electrons. The first-order valence-corrected chi connectivity index (χ1v) is 8.90. The molecule has 1 heterocycles. The quantitative estimate of drug-likeness (QED) is 0.688. The fourth-order valence-electron chi connectivity index (χ4n) is 2.94. The Morgan fingerprint density at radius 3 is 2.29 bits per heavy atom. The average molecular weight is 293 g/mol. The Kier molecular flexibility index (Phi) is 8.02. The highest BCUT2D eigenvalue weighted by Crippen LogP contribution is 2.26. The molecular weight excluding hydrogens is 258 g/mol. The van der Waals surface area contributed by atoms with Crippen molar-refractivity contribution in [3.05, 3.63) is 17.0 Å². The third-order valence-corrected chi connectivity index (χ3v) is 4.16. The molecule has 1 N–H and O–H groups in total. The van der Waals surface area contributed by atoms with Crippen LogP contribution in [0.1, 0.15) is 83.8 Å². The third kappa shape index (κ3) is 4.84. The molecule has 0 radical (unpaired) electrons. The molecule has 1 aromatic heterocycles. The second kappa shape index (κ2) is 9.24. The van der Waals surface area contributed by atoms with Crippen molar-refractivity contribution in [2.45, 2.75) is 86.2 Å². The van der Waals surface area contributed by atoms with E-state index < -0.39 is 0 Å². The smallest absolute Gasteiger partial charge is 0.0672 e. The van der Waals surface area contributed by atoms with Crippen molar-refractivity contribution in [2.75, 3.05) is 6.54 Å². The molecule has 1 atom stereocenters. The van der Waals surface area contributed by atoms with Gasteiger partial charge < -0.3 is 5.32 Å². The first kappa shape index (κ1) is 18.2. The Morgan fingerprint density at radius 2 is 1.81 bits per heavy atom. The maximum Gasteiger partial charge on any atom is 0.0672 e. The van der Waals surface area contributed by atoms with E-state index >= 15 is 0 Å². The van der Waals surface area contributed by atoms with E-state index in [0.717, 1.165) is 38.3 Å². The lowest BCUT2D eigenvalue weighted by atomic mass is 9.99. The SMILES string of the molecule is CCCNC(CC)c1c(CC)nn(CCC(C)C)c1CC. The summed E-state index contributed by atoms with van der Waals surface area (Å²) >= 11 is 0. The highest BCUT2D eigenvalue weighted by Gasteiger charge is 2.21. The minimum atomic E-state index is 0.461. The molecule has 0 aliphatic rings. The monoisotopic (exact) mass is 293 g/mol. The van der Waals surface area contributed by atoms with Crippen LogP contribution in [0.15, 0.2) is 0 Å². The number of rotatable bonds is 10. The lowest BCUT2D eigenvalue weighted by molar-refractivity contribution is 0.471. The van der Waals surface area contributed by atoms with Crippen LogP contribution < -0.4 is 5.32 Å². The van der Waals surface area contributed by atoms with Crippen molar-refractivity contribution in [3.63, 3.8) is 0 Å². The van der Waals surface area contributed by atoms with Gasteiger partial charge in [-0.3, -0.25) is 4.68 Å². The van der Waals surface area contributed by atoms with Gasteiger partial charge in [0.05, 0.1) is 5.69 Å². The molecule has 3 nitrogen and oxygen atoms in total. The van der Waals surface area contributed by atoms with Gasteiger partial charge in [-0.2, -0.15) is 5.10 Å². The summed E-state index contributed by atoms with van der Waals surface area (Å²) in [5, 5.41) is 8.63. The summed E-state index contributed by atoms with van der Waals surface area (Å²) in [6, 6.07) is 0.461. The number of aryl methyl sites for hydroxylation is 2. The molecular formula is C18H35N3. The van der Waals surface area contributed by atoms with Crippen LogP contribution in [0.25, 0.3) is 0 Å². The van der Waals surface area contributed by atoms with Crippen molar-refractivity contribution >= 4 is 0 Å². The molecule has 1 rings (SSSR count). The molecule has 1 unspecified atom stereocenters. The maximum absolute atomic E-state index is 4.93. The zero-order valence-corrected chi connectivity index (χ0v) is 15.0. The third-order valence-electron chi connectivity index (χ3n) is 4.16. The zero-order chi connectivity index (χ0) is 15.8. The van der Waals surface area contributed by atoms with E-state index in [0.29, 0.717) is 6.04 Å². The van der Waals surface area contributed by atoms with Crippen LogP contribution in [0, 0.1) is 5.92 Å². The predicted molar refractivity (Wildman–Crippen MR) is 91.8 cm³/mol. The van der Waals surface area contributed by atoms with Crippen LogP contribution in [0.3, 0.4) is 0 Å². The number of hydrogen-bond donors (Lipinski definition) is 1. The van der Waals surface area contributed by atoms with Gasteiger partial charge in [0.1, 0.15) is 0 Å². The molecule has 0 saturated carbocycles. The lowest BCUT2D eigenvalue weighted by Gasteiger charge is -2.19. The molecule has 0 bridgehead atoms. The zero-order valence-electron chi connectivity index (χ0n) is 15.0. The van der Waals surface area contributed by atoms with E-state index in [1.54, 1.807) is 0 Å². The molecule has 1 aromatic rings. The summed E-state index contributed by atoms with van der Waals surface area (Å²) in [5.74, 6) is 0.729. The largest absolute Gasteiger partial charge is 0.310 e. The first-order valence-electron chi connectivity index (χ1n) is 8.90. The highest BCUT2D eigenvalue weighted by atomic mass is 15.3. The van der Waals surface area contributed by atoms with Crippen molar-refractivity contribution in [2.24, 2.45) is 5.92 Å². The van der Waals surface area contributed by atoms with Crippen molar-refractivity contribution in [1.82, 2.24) is 15.1 Å². The molecule has 3 heteroatoms. The summed E-state index contributed by atoms with van der Waals surface area (Å²) < 4.78 is 2.28. The summed E-state index contributed by atoms with van der Waals surface area (Å²) in [7, 11) is 0. The maximum atomic E-state index is 4.93. The number of nitrogens with zero attached hydrogens (tertiary/aromatic N) is 2. The highest BCUT2D eigenvalue weighted by molar-refractivity contribution is 5.30. The fraction of sp³-hybridized carbons (Fsp3) is 0.833. The van der Waals surface area contributed by atoms with Crippen LogP contribution in [-0.4, -0.2) is 16.3 Å². The molecule has 0 aliphatic carbocycles. The van der Waals surface area contributed by atoms with Crippen LogP contribution in [0.5, 0.6) is 0 Å². The van der Waals surface area contributed by atoms with Gasteiger partial charge in [0, 0.05) is 23.8 Å². The minimum absolute atomic E-state index is 0.461. The molecule has 0 aromatic carbocycles. The van der Waals surface area contributed by atoms with Gasteiger partial charge in [-0.1, -0.05) is 41.5 Å². The predicted octanol–water partition coefficient (Wildman–Crippen LogP) is 4.50. The summed E-state index contributed by atoms with van der Waals surface area (Å²) in [6.45, 7) is 15.7. The first-order chi connectivity index (χ1) is 10.1. The van der Waals surface area contributed by atoms with Crippen LogP contribution in [0.4, 0.5) is 0 Å². The minimum Gasteiger partial charge on any atom is -0.310 e. The molecule has 0 fully saturated rings. The van der Waals surface area contributed by atoms with Gasteiger partial charge in [0.25, 0.3) is 0 Å². The number of nitrogens with one attached hydrogen (secondary N) is 1. The van der Waals surface area contributed by atoms with Gasteiger partial charge >= 0.3 is 0 Å². The van der Waals surface area contributed by atoms with E-state index in [-0.39, 0.29) is 0 Å². The molecule has 0 saturated heterocycles. The van der Waals surface area contributed by atoms with E-state index in [1.165, 1.54) is 29.8 Å². The van der Waals surface area contributed by atoms with Crippen molar-refractivity contribution in [1.29, 1.82) is 0 Å². The Bertz CT molecular complexity index is 407. The van der Waals surface area contributed by atoms with Gasteiger partial charge in [-0.25, -0.2) is 0 Å². The van der Waals surface area contributed by atoms with Gasteiger partial charge in [-0.15, -0.1) is 0 Å². The number of aromatic nitrogens is 2. The second-order valence-corrected chi connectivity index (χ2v) is 6.33. The van der Waals surface area contributed by atoms with Crippen LogP contribution in [-0.2, 0) is 19.4 Å². The number of hydrogen-bond acceptors (Lipinski definition) is 2. The van der Waals surface area contributed by atoms with E-state index in [2.05, 4.69) is 51.5 Å². The molecule has 0 aliphatic heterocycles. The Balaban J connectivity index is 3.08. The standard InChI is InChI=1S/C18H35N3/c1-7-12-19-15(8-2)18-16(9-3)20-21(17(18)10-4)13-11-14(5)6/h14-15,19H,7-13H2,1-6H3. The molecule has 0 spiro atoms. The van der Waals surface area contributed by atoms with Crippen molar-refractivity contribution < 1.29 is 0 Å². The van der Waals surface area contributed by atoms with Crippen LogP contribution in [0.2, 0.25) is 0 Å².